The molecular weight excluding hydrogens is 513 g/mol. The molecule has 0 atom stereocenters. The van der Waals surface area contributed by atoms with Crippen LogP contribution in [-0.2, 0) is 10.0 Å². The number of rotatable bonds is 9. The van der Waals surface area contributed by atoms with Crippen molar-refractivity contribution in [2.45, 2.75) is 32.4 Å². The molecular formula is C20H22ClF3N6O4S. The lowest BCUT2D eigenvalue weighted by Crippen LogP contribution is -2.48. The van der Waals surface area contributed by atoms with Gasteiger partial charge in [-0.2, -0.15) is 13.2 Å². The third-order valence-electron chi connectivity index (χ3n) is 5.45. The molecule has 0 saturated heterocycles. The molecule has 190 valence electrons. The van der Waals surface area contributed by atoms with Crippen LogP contribution in [0, 0.1) is 10.8 Å². The molecule has 0 unspecified atom stereocenters. The van der Waals surface area contributed by atoms with Crippen LogP contribution in [0.5, 0.6) is 5.88 Å². The Kier molecular flexibility index (Phi) is 7.45. The average Bonchev–Trinajstić information content (AvgIpc) is 3.18. The normalized spacial score (nSPS) is 15.8. The minimum Gasteiger partial charge on any atom is -0.476 e. The Balaban J connectivity index is 1.73. The Morgan fingerprint density at radius 1 is 1.34 bits per heavy atom. The number of ether oxygens (including phenoxy) is 1. The van der Waals surface area contributed by atoms with E-state index in [1.54, 1.807) is 0 Å². The number of carbonyl (C=O) groups excluding carboxylic acids is 1. The van der Waals surface area contributed by atoms with Crippen molar-refractivity contribution >= 4 is 33.2 Å². The first kappa shape index (κ1) is 26.5. The lowest BCUT2D eigenvalue weighted by molar-refractivity contribution is -0.259. The molecule has 1 saturated carbocycles. The summed E-state index contributed by atoms with van der Waals surface area (Å²) in [5.74, 6) is -0.999. The van der Waals surface area contributed by atoms with Gasteiger partial charge in [0.25, 0.3) is 15.9 Å². The van der Waals surface area contributed by atoms with Crippen LogP contribution in [0.1, 0.15) is 36.5 Å². The Morgan fingerprint density at radius 2 is 2.03 bits per heavy atom. The molecule has 1 amide bonds. The van der Waals surface area contributed by atoms with Crippen molar-refractivity contribution < 1.29 is 31.1 Å². The van der Waals surface area contributed by atoms with Gasteiger partial charge in [0.05, 0.1) is 11.3 Å². The summed E-state index contributed by atoms with van der Waals surface area (Å²) < 4.78 is 73.0. The average molecular weight is 535 g/mol. The standard InChI is InChI=1S/C20H22ClF3N6O4S/c1-12(25)14(10-26-2)35(32,33)29-18(31)13-4-5-15(27-17(13)21)30-9-6-16(28-30)34-11-19(7-3-8-19)20(22,23)24/h4-6,9-10,25-26H,3,7-8,11H2,1-2H3,(H,29,31)/b14-10+,25-12?. The van der Waals surface area contributed by atoms with Gasteiger partial charge in [0, 0.05) is 25.5 Å². The first-order valence-electron chi connectivity index (χ1n) is 10.2. The SMILES string of the molecule is CN/C=C(\C(C)=N)S(=O)(=O)NC(=O)c1ccc(-n2ccc(OCC3(C(F)(F)F)CCC3)n2)nc1Cl. The molecule has 2 aromatic heterocycles. The smallest absolute Gasteiger partial charge is 0.397 e. The van der Waals surface area contributed by atoms with E-state index in [1.165, 1.54) is 43.0 Å². The van der Waals surface area contributed by atoms with Crippen molar-refractivity contribution in [2.24, 2.45) is 5.41 Å². The van der Waals surface area contributed by atoms with E-state index in [9.17, 15) is 26.4 Å². The number of halogens is 4. The molecule has 0 bridgehead atoms. The molecule has 1 fully saturated rings. The van der Waals surface area contributed by atoms with Crippen molar-refractivity contribution in [2.75, 3.05) is 13.7 Å². The van der Waals surface area contributed by atoms with Crippen LogP contribution in [0.3, 0.4) is 0 Å². The predicted octanol–water partition coefficient (Wildman–Crippen LogP) is 3.19. The molecule has 3 rings (SSSR count). The van der Waals surface area contributed by atoms with Crippen molar-refractivity contribution in [3.8, 4) is 11.7 Å². The Bertz CT molecular complexity index is 1270. The van der Waals surface area contributed by atoms with Crippen molar-refractivity contribution in [3.05, 3.63) is 46.2 Å². The van der Waals surface area contributed by atoms with Crippen LogP contribution in [0.25, 0.3) is 5.82 Å². The first-order valence-corrected chi connectivity index (χ1v) is 12.1. The zero-order valence-corrected chi connectivity index (χ0v) is 20.2. The molecule has 10 nitrogen and oxygen atoms in total. The van der Waals surface area contributed by atoms with Crippen molar-refractivity contribution in [1.82, 2.24) is 24.8 Å². The maximum absolute atomic E-state index is 13.3. The minimum absolute atomic E-state index is 0.000742. The van der Waals surface area contributed by atoms with E-state index in [-0.39, 0.29) is 41.0 Å². The highest BCUT2D eigenvalue weighted by Crippen LogP contribution is 2.53. The zero-order chi connectivity index (χ0) is 26.0. The van der Waals surface area contributed by atoms with E-state index in [1.807, 2.05) is 4.72 Å². The summed E-state index contributed by atoms with van der Waals surface area (Å²) in [5, 5.41) is 13.8. The molecule has 35 heavy (non-hydrogen) atoms. The number of carbonyl (C=O) groups is 1. The molecule has 1 aliphatic carbocycles. The van der Waals surface area contributed by atoms with Gasteiger partial charge < -0.3 is 15.5 Å². The Hall–Kier alpha value is -3.13. The molecule has 0 spiro atoms. The van der Waals surface area contributed by atoms with E-state index >= 15 is 0 Å². The lowest BCUT2D eigenvalue weighted by atomic mass is 9.69. The number of amides is 1. The summed E-state index contributed by atoms with van der Waals surface area (Å²) in [6.45, 7) is 0.696. The fourth-order valence-corrected chi connectivity index (χ4v) is 4.68. The molecule has 3 N–H and O–H groups in total. The zero-order valence-electron chi connectivity index (χ0n) is 18.6. The van der Waals surface area contributed by atoms with E-state index < -0.39 is 39.0 Å². The van der Waals surface area contributed by atoms with Gasteiger partial charge in [-0.25, -0.2) is 22.8 Å². The van der Waals surface area contributed by atoms with E-state index in [0.29, 0.717) is 6.42 Å². The van der Waals surface area contributed by atoms with Crippen LogP contribution in [0.2, 0.25) is 5.15 Å². The van der Waals surface area contributed by atoms with Crippen molar-refractivity contribution in [1.29, 1.82) is 5.41 Å². The number of pyridine rings is 1. The highest BCUT2D eigenvalue weighted by atomic mass is 35.5. The summed E-state index contributed by atoms with van der Waals surface area (Å²) in [5.41, 5.74) is -2.42. The lowest BCUT2D eigenvalue weighted by Gasteiger charge is -2.42. The van der Waals surface area contributed by atoms with Crippen LogP contribution < -0.4 is 14.8 Å². The third-order valence-corrected chi connectivity index (χ3v) is 7.19. The number of aromatic nitrogens is 3. The third kappa shape index (κ3) is 5.59. The van der Waals surface area contributed by atoms with Gasteiger partial charge in [0.2, 0.25) is 5.88 Å². The maximum atomic E-state index is 13.3. The number of nitrogens with zero attached hydrogens (tertiary/aromatic N) is 3. The van der Waals surface area contributed by atoms with Gasteiger partial charge in [-0.05, 0) is 31.9 Å². The second-order valence-electron chi connectivity index (χ2n) is 7.88. The second-order valence-corrected chi connectivity index (χ2v) is 9.89. The molecule has 1 aliphatic rings. The molecule has 0 radical (unpaired) electrons. The summed E-state index contributed by atoms with van der Waals surface area (Å²) >= 11 is 6.08. The molecule has 0 aromatic carbocycles. The number of hydrogen-bond donors (Lipinski definition) is 3. The van der Waals surface area contributed by atoms with Crippen molar-refractivity contribution in [3.63, 3.8) is 0 Å². The largest absolute Gasteiger partial charge is 0.476 e. The van der Waals surface area contributed by atoms with Crippen LogP contribution in [0.4, 0.5) is 13.2 Å². The van der Waals surface area contributed by atoms with Gasteiger partial charge in [0.1, 0.15) is 22.1 Å². The molecule has 2 heterocycles. The summed E-state index contributed by atoms with van der Waals surface area (Å²) in [6.07, 6.45) is -1.44. The van der Waals surface area contributed by atoms with Crippen LogP contribution >= 0.6 is 11.6 Å². The van der Waals surface area contributed by atoms with Gasteiger partial charge >= 0.3 is 6.18 Å². The minimum atomic E-state index is -4.37. The highest BCUT2D eigenvalue weighted by molar-refractivity contribution is 7.94. The Labute approximate surface area is 204 Å². The number of alkyl halides is 3. The highest BCUT2D eigenvalue weighted by Gasteiger charge is 2.58. The first-order chi connectivity index (χ1) is 16.3. The summed E-state index contributed by atoms with van der Waals surface area (Å²) in [7, 11) is -2.92. The van der Waals surface area contributed by atoms with Crippen LogP contribution in [0.15, 0.2) is 35.5 Å². The fraction of sp³-hybridized carbons (Fsp3) is 0.400. The van der Waals surface area contributed by atoms with E-state index in [0.717, 1.165) is 6.20 Å². The Morgan fingerprint density at radius 3 is 2.54 bits per heavy atom. The van der Waals surface area contributed by atoms with Gasteiger partial charge in [0.15, 0.2) is 5.82 Å². The maximum Gasteiger partial charge on any atom is 0.397 e. The molecule has 2 aromatic rings. The van der Waals surface area contributed by atoms with Gasteiger partial charge in [-0.15, -0.1) is 5.10 Å². The van der Waals surface area contributed by atoms with Gasteiger partial charge in [-0.3, -0.25) is 4.79 Å². The quantitative estimate of drug-likeness (QED) is 0.331. The molecule has 15 heteroatoms. The number of nitrogens with one attached hydrogen (secondary N) is 3. The summed E-state index contributed by atoms with van der Waals surface area (Å²) in [4.78, 5) is 16.1. The van der Waals surface area contributed by atoms with E-state index in [2.05, 4.69) is 15.4 Å². The fourth-order valence-electron chi connectivity index (χ4n) is 3.31. The molecule has 0 aliphatic heterocycles. The van der Waals surface area contributed by atoms with Crippen LogP contribution in [-0.4, -0.2) is 54.6 Å². The second kappa shape index (κ2) is 9.85. The van der Waals surface area contributed by atoms with E-state index in [4.69, 9.17) is 21.7 Å². The predicted molar refractivity (Wildman–Crippen MR) is 121 cm³/mol. The number of hydrogen-bond acceptors (Lipinski definition) is 8. The monoisotopic (exact) mass is 534 g/mol. The topological polar surface area (TPSA) is 139 Å². The number of sulfonamides is 1. The summed E-state index contributed by atoms with van der Waals surface area (Å²) in [6, 6.07) is 3.89. The van der Waals surface area contributed by atoms with Gasteiger partial charge in [-0.1, -0.05) is 18.0 Å². The number of allylic oxidation sites excluding steroid dienone is 1.